The lowest BCUT2D eigenvalue weighted by Crippen LogP contribution is -2.42. The lowest BCUT2D eigenvalue weighted by atomic mass is 9.94. The van der Waals surface area contributed by atoms with Crippen molar-refractivity contribution >= 4 is 5.97 Å². The van der Waals surface area contributed by atoms with Gasteiger partial charge in [-0.15, -0.1) is 0 Å². The molecule has 2 aliphatic rings. The molecule has 0 amide bonds. The molecule has 0 aromatic heterocycles. The van der Waals surface area contributed by atoms with E-state index in [0.717, 1.165) is 13.1 Å². The number of likely N-dealkylation sites (tertiary alicyclic amines) is 1. The first-order valence-corrected chi connectivity index (χ1v) is 5.70. The van der Waals surface area contributed by atoms with Gasteiger partial charge in [-0.3, -0.25) is 9.69 Å². The van der Waals surface area contributed by atoms with E-state index in [1.807, 2.05) is 0 Å². The van der Waals surface area contributed by atoms with Gasteiger partial charge in [0.15, 0.2) is 0 Å². The molecule has 1 heterocycles. The van der Waals surface area contributed by atoms with Crippen LogP contribution in [0, 0.1) is 0 Å². The molecular weight excluding hydrogens is 178 g/mol. The lowest BCUT2D eigenvalue weighted by Gasteiger charge is -2.34. The highest BCUT2D eigenvalue weighted by molar-refractivity contribution is 5.66. The number of hydrogen-bond acceptors (Lipinski definition) is 2. The van der Waals surface area contributed by atoms with Gasteiger partial charge >= 0.3 is 5.97 Å². The van der Waals surface area contributed by atoms with Crippen LogP contribution in [0.2, 0.25) is 0 Å². The maximum Gasteiger partial charge on any atom is 0.304 e. The van der Waals surface area contributed by atoms with Crippen LogP contribution >= 0.6 is 0 Å². The number of hydrogen-bond donors (Lipinski definition) is 1. The molecule has 3 nitrogen and oxygen atoms in total. The van der Waals surface area contributed by atoms with Gasteiger partial charge in [0.2, 0.25) is 0 Å². The van der Waals surface area contributed by atoms with Crippen LogP contribution in [0.5, 0.6) is 0 Å². The van der Waals surface area contributed by atoms with Gasteiger partial charge in [-0.1, -0.05) is 12.8 Å². The number of carbonyl (C=O) groups is 1. The first kappa shape index (κ1) is 9.97. The fourth-order valence-corrected chi connectivity index (χ4v) is 3.17. The molecule has 0 atom stereocenters. The molecule has 14 heavy (non-hydrogen) atoms. The Morgan fingerprint density at radius 1 is 1.21 bits per heavy atom. The van der Waals surface area contributed by atoms with Crippen LogP contribution in [0.1, 0.15) is 44.9 Å². The number of nitrogens with zero attached hydrogens (tertiary/aromatic N) is 1. The van der Waals surface area contributed by atoms with Crippen molar-refractivity contribution in [2.45, 2.75) is 50.5 Å². The molecule has 0 radical (unpaired) electrons. The van der Waals surface area contributed by atoms with Crippen molar-refractivity contribution < 1.29 is 9.90 Å². The van der Waals surface area contributed by atoms with Crippen molar-refractivity contribution in [3.63, 3.8) is 0 Å². The van der Waals surface area contributed by atoms with E-state index in [4.69, 9.17) is 5.11 Å². The van der Waals surface area contributed by atoms with E-state index in [0.29, 0.717) is 12.0 Å². The normalized spacial score (nSPS) is 26.0. The van der Waals surface area contributed by atoms with Crippen LogP contribution in [0.25, 0.3) is 0 Å². The Hall–Kier alpha value is -0.570. The minimum atomic E-state index is -0.662. The Morgan fingerprint density at radius 3 is 2.50 bits per heavy atom. The van der Waals surface area contributed by atoms with E-state index in [2.05, 4.69) is 4.90 Å². The number of carboxylic acids is 1. The van der Waals surface area contributed by atoms with E-state index in [9.17, 15) is 4.79 Å². The van der Waals surface area contributed by atoms with E-state index in [1.54, 1.807) is 0 Å². The van der Waals surface area contributed by atoms with Crippen molar-refractivity contribution in [2.24, 2.45) is 0 Å². The predicted octanol–water partition coefficient (Wildman–Crippen LogP) is 1.87. The van der Waals surface area contributed by atoms with Gasteiger partial charge in [-0.25, -0.2) is 0 Å². The molecule has 1 N–H and O–H groups in total. The molecule has 80 valence electrons. The van der Waals surface area contributed by atoms with Gasteiger partial charge in [0.25, 0.3) is 0 Å². The molecule has 0 aromatic carbocycles. The Balaban J connectivity index is 1.93. The van der Waals surface area contributed by atoms with Crippen molar-refractivity contribution in [1.29, 1.82) is 0 Å². The molecule has 1 saturated carbocycles. The Bertz CT molecular complexity index is 216. The summed E-state index contributed by atoms with van der Waals surface area (Å²) < 4.78 is 0. The van der Waals surface area contributed by atoms with Crippen LogP contribution in [0.3, 0.4) is 0 Å². The van der Waals surface area contributed by atoms with E-state index in [1.165, 1.54) is 38.5 Å². The quantitative estimate of drug-likeness (QED) is 0.751. The van der Waals surface area contributed by atoms with Crippen molar-refractivity contribution in [2.75, 3.05) is 13.1 Å². The minimum Gasteiger partial charge on any atom is -0.481 e. The minimum absolute atomic E-state index is 0.307. The van der Waals surface area contributed by atoms with Crippen molar-refractivity contribution in [1.82, 2.24) is 4.90 Å². The second-order valence-corrected chi connectivity index (χ2v) is 4.67. The van der Waals surface area contributed by atoms with Crippen molar-refractivity contribution in [3.05, 3.63) is 0 Å². The lowest BCUT2D eigenvalue weighted by molar-refractivity contribution is -0.137. The van der Waals surface area contributed by atoms with Gasteiger partial charge in [0.1, 0.15) is 0 Å². The number of aliphatic carboxylic acids is 1. The molecule has 0 bridgehead atoms. The zero-order chi connectivity index (χ0) is 10.0. The molecule has 0 aromatic rings. The number of carboxylic acid groups (broad SMARTS) is 1. The summed E-state index contributed by atoms with van der Waals surface area (Å²) in [6.07, 6.45) is 8.14. The average Bonchev–Trinajstić information content (AvgIpc) is 2.74. The smallest absolute Gasteiger partial charge is 0.304 e. The maximum absolute atomic E-state index is 10.5. The molecular formula is C11H19NO2. The largest absolute Gasteiger partial charge is 0.481 e. The molecule has 1 spiro atoms. The molecule has 2 fully saturated rings. The first-order valence-electron chi connectivity index (χ1n) is 5.70. The third-order valence-electron chi connectivity index (χ3n) is 3.87. The Labute approximate surface area is 85.1 Å². The third-order valence-corrected chi connectivity index (χ3v) is 3.87. The van der Waals surface area contributed by atoms with Gasteiger partial charge in [-0.2, -0.15) is 0 Å². The van der Waals surface area contributed by atoms with Crippen molar-refractivity contribution in [3.8, 4) is 0 Å². The topological polar surface area (TPSA) is 40.5 Å². The summed E-state index contributed by atoms with van der Waals surface area (Å²) in [6, 6.07) is 0. The summed E-state index contributed by atoms with van der Waals surface area (Å²) in [5.41, 5.74) is 0.412. The summed E-state index contributed by atoms with van der Waals surface area (Å²) in [7, 11) is 0. The van der Waals surface area contributed by atoms with E-state index >= 15 is 0 Å². The molecule has 1 aliphatic carbocycles. The average molecular weight is 197 g/mol. The third kappa shape index (κ3) is 1.78. The maximum atomic E-state index is 10.5. The summed E-state index contributed by atoms with van der Waals surface area (Å²) in [4.78, 5) is 13.0. The molecule has 3 heteroatoms. The molecule has 1 saturated heterocycles. The Kier molecular flexibility index (Phi) is 2.77. The summed E-state index contributed by atoms with van der Waals surface area (Å²) >= 11 is 0. The fourth-order valence-electron chi connectivity index (χ4n) is 3.17. The zero-order valence-corrected chi connectivity index (χ0v) is 8.67. The van der Waals surface area contributed by atoms with Gasteiger partial charge in [0, 0.05) is 12.1 Å². The molecule has 0 unspecified atom stereocenters. The van der Waals surface area contributed by atoms with Crippen LogP contribution in [0.15, 0.2) is 0 Å². The zero-order valence-electron chi connectivity index (χ0n) is 8.67. The van der Waals surface area contributed by atoms with Gasteiger partial charge in [-0.05, 0) is 32.2 Å². The standard InChI is InChI=1S/C11H19NO2/c13-10(14)4-9-12-8-3-7-11(12)5-1-2-6-11/h1-9H2,(H,13,14). The summed E-state index contributed by atoms with van der Waals surface area (Å²) in [5.74, 6) is -0.662. The van der Waals surface area contributed by atoms with Gasteiger partial charge in [0.05, 0.1) is 6.42 Å². The SMILES string of the molecule is O=C(O)CCN1CCCC12CCCC2. The highest BCUT2D eigenvalue weighted by atomic mass is 16.4. The van der Waals surface area contributed by atoms with Gasteiger partial charge < -0.3 is 5.11 Å². The highest BCUT2D eigenvalue weighted by Gasteiger charge is 2.42. The number of rotatable bonds is 3. The second-order valence-electron chi connectivity index (χ2n) is 4.67. The molecule has 1 aliphatic heterocycles. The highest BCUT2D eigenvalue weighted by Crippen LogP contribution is 2.42. The van der Waals surface area contributed by atoms with Crippen LogP contribution in [-0.4, -0.2) is 34.6 Å². The van der Waals surface area contributed by atoms with Crippen LogP contribution in [0.4, 0.5) is 0 Å². The summed E-state index contributed by atoms with van der Waals surface area (Å²) in [5, 5.41) is 8.68. The van der Waals surface area contributed by atoms with E-state index < -0.39 is 5.97 Å². The van der Waals surface area contributed by atoms with Crippen LogP contribution < -0.4 is 0 Å². The predicted molar refractivity (Wildman–Crippen MR) is 54.3 cm³/mol. The fraction of sp³-hybridized carbons (Fsp3) is 0.909. The summed E-state index contributed by atoms with van der Waals surface area (Å²) in [6.45, 7) is 1.88. The monoisotopic (exact) mass is 197 g/mol. The van der Waals surface area contributed by atoms with Crippen LogP contribution in [-0.2, 0) is 4.79 Å². The first-order chi connectivity index (χ1) is 6.73. The second kappa shape index (κ2) is 3.89. The van der Waals surface area contributed by atoms with E-state index in [-0.39, 0.29) is 0 Å². The molecule has 2 rings (SSSR count). The Morgan fingerprint density at radius 2 is 1.86 bits per heavy atom.